The van der Waals surface area contributed by atoms with Gasteiger partial charge in [-0.2, -0.15) is 0 Å². The average molecular weight is 356 g/mol. The number of nitrogens with one attached hydrogen (secondary N) is 1. The summed E-state index contributed by atoms with van der Waals surface area (Å²) in [7, 11) is 6.95. The molecular weight excluding hydrogens is 332 g/mol. The number of amides is 2. The first kappa shape index (κ1) is 18.0. The van der Waals surface area contributed by atoms with Crippen molar-refractivity contribution in [3.63, 3.8) is 0 Å². The van der Waals surface area contributed by atoms with Crippen LogP contribution in [0.2, 0.25) is 0 Å². The fraction of sp³-hybridized carbons (Fsp3) is 0.368. The van der Waals surface area contributed by atoms with Crippen LogP contribution in [0.25, 0.3) is 21.9 Å². The standard InChI is InChI=1S/C19H24N4O3/c1-21(2)17(24)12-20-19(25)16-11-15-18(23(16)9-10-26-4)13-7-5-6-8-14(13)22(15)3/h5-8,11H,9-10,12H2,1-4H3,(H,20,25). The van der Waals surface area contributed by atoms with E-state index in [9.17, 15) is 9.59 Å². The normalized spacial score (nSPS) is 11.2. The zero-order valence-electron chi connectivity index (χ0n) is 15.6. The third-order valence-corrected chi connectivity index (χ3v) is 4.61. The second kappa shape index (κ2) is 7.21. The molecule has 2 heterocycles. The van der Waals surface area contributed by atoms with Gasteiger partial charge in [0.25, 0.3) is 5.91 Å². The van der Waals surface area contributed by atoms with Gasteiger partial charge in [0.05, 0.1) is 29.7 Å². The molecule has 0 aliphatic heterocycles. The van der Waals surface area contributed by atoms with Crippen molar-refractivity contribution in [3.05, 3.63) is 36.0 Å². The highest BCUT2D eigenvalue weighted by atomic mass is 16.5. The number of methoxy groups -OCH3 is 1. The van der Waals surface area contributed by atoms with Crippen molar-refractivity contribution < 1.29 is 14.3 Å². The fourth-order valence-corrected chi connectivity index (χ4v) is 3.18. The van der Waals surface area contributed by atoms with Crippen molar-refractivity contribution in [2.75, 3.05) is 34.4 Å². The molecule has 3 rings (SSSR count). The minimum atomic E-state index is -0.267. The number of para-hydroxylation sites is 1. The number of carbonyl (C=O) groups is 2. The van der Waals surface area contributed by atoms with Gasteiger partial charge in [0.15, 0.2) is 0 Å². The summed E-state index contributed by atoms with van der Waals surface area (Å²) in [5.74, 6) is -0.417. The molecule has 2 amide bonds. The van der Waals surface area contributed by atoms with Crippen LogP contribution in [-0.4, -0.2) is 60.2 Å². The van der Waals surface area contributed by atoms with Crippen LogP contribution in [-0.2, 0) is 23.1 Å². The maximum atomic E-state index is 12.7. The van der Waals surface area contributed by atoms with E-state index in [0.717, 1.165) is 21.9 Å². The Bertz CT molecular complexity index is 968. The average Bonchev–Trinajstić information content (AvgIpc) is 3.14. The number of rotatable bonds is 6. The van der Waals surface area contributed by atoms with E-state index in [1.54, 1.807) is 21.2 Å². The number of fused-ring (bicyclic) bond motifs is 3. The van der Waals surface area contributed by atoms with Crippen LogP contribution in [0.15, 0.2) is 30.3 Å². The number of ether oxygens (including phenoxy) is 1. The molecule has 0 saturated heterocycles. The van der Waals surface area contributed by atoms with E-state index >= 15 is 0 Å². The van der Waals surface area contributed by atoms with Crippen LogP contribution in [0.1, 0.15) is 10.5 Å². The summed E-state index contributed by atoms with van der Waals surface area (Å²) in [6.45, 7) is 1.01. The molecule has 7 heteroatoms. The number of carbonyl (C=O) groups excluding carboxylic acids is 2. The summed E-state index contributed by atoms with van der Waals surface area (Å²) in [6, 6.07) is 9.98. The van der Waals surface area contributed by atoms with E-state index < -0.39 is 0 Å². The van der Waals surface area contributed by atoms with E-state index in [2.05, 4.69) is 22.0 Å². The van der Waals surface area contributed by atoms with Gasteiger partial charge in [-0.3, -0.25) is 9.59 Å². The highest BCUT2D eigenvalue weighted by Gasteiger charge is 2.21. The number of nitrogens with zero attached hydrogens (tertiary/aromatic N) is 3. The van der Waals surface area contributed by atoms with Gasteiger partial charge in [-0.15, -0.1) is 0 Å². The third kappa shape index (κ3) is 3.06. The maximum Gasteiger partial charge on any atom is 0.268 e. The van der Waals surface area contributed by atoms with Crippen molar-refractivity contribution in [2.45, 2.75) is 6.54 Å². The molecule has 0 atom stereocenters. The van der Waals surface area contributed by atoms with Crippen LogP contribution < -0.4 is 5.32 Å². The molecule has 0 radical (unpaired) electrons. The molecule has 0 aliphatic rings. The van der Waals surface area contributed by atoms with Gasteiger partial charge in [0, 0.05) is 40.2 Å². The van der Waals surface area contributed by atoms with Gasteiger partial charge in [-0.1, -0.05) is 18.2 Å². The molecule has 7 nitrogen and oxygen atoms in total. The Morgan fingerprint density at radius 3 is 2.62 bits per heavy atom. The van der Waals surface area contributed by atoms with E-state index in [4.69, 9.17) is 4.74 Å². The van der Waals surface area contributed by atoms with Gasteiger partial charge in [0.2, 0.25) is 5.91 Å². The number of likely N-dealkylation sites (N-methyl/N-ethyl adjacent to an activating group) is 1. The van der Waals surface area contributed by atoms with Crippen molar-refractivity contribution in [1.82, 2.24) is 19.4 Å². The molecule has 0 aliphatic carbocycles. The molecule has 1 N–H and O–H groups in total. The summed E-state index contributed by atoms with van der Waals surface area (Å²) in [4.78, 5) is 25.9. The number of benzene rings is 1. The fourth-order valence-electron chi connectivity index (χ4n) is 3.18. The topological polar surface area (TPSA) is 68.5 Å². The lowest BCUT2D eigenvalue weighted by atomic mass is 10.2. The lowest BCUT2D eigenvalue weighted by Gasteiger charge is -2.13. The van der Waals surface area contributed by atoms with E-state index in [1.807, 2.05) is 29.8 Å². The van der Waals surface area contributed by atoms with Crippen LogP contribution in [0.5, 0.6) is 0 Å². The molecule has 2 aromatic heterocycles. The Morgan fingerprint density at radius 1 is 1.19 bits per heavy atom. The predicted molar refractivity (Wildman–Crippen MR) is 101 cm³/mol. The monoisotopic (exact) mass is 356 g/mol. The quantitative estimate of drug-likeness (QED) is 0.729. The zero-order valence-corrected chi connectivity index (χ0v) is 15.6. The molecule has 0 spiro atoms. The van der Waals surface area contributed by atoms with E-state index in [-0.39, 0.29) is 18.4 Å². The molecule has 0 saturated carbocycles. The minimum absolute atomic E-state index is 0.0294. The minimum Gasteiger partial charge on any atom is -0.383 e. The summed E-state index contributed by atoms with van der Waals surface area (Å²) in [5.41, 5.74) is 3.62. The number of hydrogen-bond donors (Lipinski definition) is 1. The van der Waals surface area contributed by atoms with Gasteiger partial charge < -0.3 is 24.1 Å². The molecule has 3 aromatic rings. The largest absolute Gasteiger partial charge is 0.383 e. The molecule has 138 valence electrons. The highest BCUT2D eigenvalue weighted by molar-refractivity contribution is 6.10. The summed E-state index contributed by atoms with van der Waals surface area (Å²) in [6.07, 6.45) is 0. The number of hydrogen-bond acceptors (Lipinski definition) is 3. The molecule has 0 unspecified atom stereocenters. The number of aromatic nitrogens is 2. The molecule has 26 heavy (non-hydrogen) atoms. The van der Waals surface area contributed by atoms with E-state index in [1.165, 1.54) is 4.90 Å². The smallest absolute Gasteiger partial charge is 0.268 e. The van der Waals surface area contributed by atoms with Crippen LogP contribution in [0.4, 0.5) is 0 Å². The van der Waals surface area contributed by atoms with Crippen molar-refractivity contribution in [1.29, 1.82) is 0 Å². The first-order valence-electron chi connectivity index (χ1n) is 8.49. The first-order valence-corrected chi connectivity index (χ1v) is 8.49. The Labute approximate surface area is 152 Å². The van der Waals surface area contributed by atoms with Gasteiger partial charge in [0.1, 0.15) is 5.69 Å². The predicted octanol–water partition coefficient (Wildman–Crippen LogP) is 1.60. The molecular formula is C19H24N4O3. The van der Waals surface area contributed by atoms with Gasteiger partial charge in [-0.25, -0.2) is 0 Å². The Hall–Kier alpha value is -2.80. The Morgan fingerprint density at radius 2 is 1.92 bits per heavy atom. The second-order valence-corrected chi connectivity index (χ2v) is 6.45. The van der Waals surface area contributed by atoms with Crippen LogP contribution >= 0.6 is 0 Å². The third-order valence-electron chi connectivity index (χ3n) is 4.61. The second-order valence-electron chi connectivity index (χ2n) is 6.45. The molecule has 0 bridgehead atoms. The molecule has 1 aromatic carbocycles. The lowest BCUT2D eigenvalue weighted by molar-refractivity contribution is -0.127. The SMILES string of the molecule is COCCn1c(C(=O)NCC(=O)N(C)C)cc2c1c1ccccc1n2C. The Balaban J connectivity index is 2.05. The summed E-state index contributed by atoms with van der Waals surface area (Å²) < 4.78 is 9.28. The first-order chi connectivity index (χ1) is 12.5. The molecule has 0 fully saturated rings. The maximum absolute atomic E-state index is 12.7. The van der Waals surface area contributed by atoms with Crippen LogP contribution in [0.3, 0.4) is 0 Å². The van der Waals surface area contributed by atoms with Crippen molar-refractivity contribution in [3.8, 4) is 0 Å². The highest BCUT2D eigenvalue weighted by Crippen LogP contribution is 2.30. The van der Waals surface area contributed by atoms with Crippen LogP contribution in [0, 0.1) is 0 Å². The van der Waals surface area contributed by atoms with Crippen molar-refractivity contribution >= 4 is 33.8 Å². The van der Waals surface area contributed by atoms with E-state index in [0.29, 0.717) is 18.8 Å². The van der Waals surface area contributed by atoms with Gasteiger partial charge in [-0.05, 0) is 12.1 Å². The van der Waals surface area contributed by atoms with Crippen molar-refractivity contribution in [2.24, 2.45) is 7.05 Å². The lowest BCUT2D eigenvalue weighted by Crippen LogP contribution is -2.37. The Kier molecular flexibility index (Phi) is 4.99. The van der Waals surface area contributed by atoms with Gasteiger partial charge >= 0.3 is 0 Å². The zero-order chi connectivity index (χ0) is 18.8. The summed E-state index contributed by atoms with van der Waals surface area (Å²) in [5, 5.41) is 3.80. The summed E-state index contributed by atoms with van der Waals surface area (Å²) >= 11 is 0. The number of aryl methyl sites for hydroxylation is 1.